The number of rotatable bonds is 3. The van der Waals surface area contributed by atoms with Crippen molar-refractivity contribution in [2.75, 3.05) is 0 Å². The highest BCUT2D eigenvalue weighted by molar-refractivity contribution is 7.89. The van der Waals surface area contributed by atoms with Crippen molar-refractivity contribution in [2.45, 2.75) is 48.7 Å². The van der Waals surface area contributed by atoms with E-state index in [1.165, 1.54) is 0 Å². The predicted octanol–water partition coefficient (Wildman–Crippen LogP) is 1.83. The molecular formula is C15H18N4O2S. The Labute approximate surface area is 129 Å². The van der Waals surface area contributed by atoms with E-state index in [1.807, 2.05) is 6.07 Å². The van der Waals surface area contributed by atoms with E-state index in [0.717, 1.165) is 25.7 Å². The molecule has 22 heavy (non-hydrogen) atoms. The summed E-state index contributed by atoms with van der Waals surface area (Å²) in [5.74, 6) is 0. The van der Waals surface area contributed by atoms with Gasteiger partial charge in [-0.1, -0.05) is 18.2 Å². The fourth-order valence-corrected chi connectivity index (χ4v) is 5.73. The van der Waals surface area contributed by atoms with Crippen LogP contribution < -0.4 is 0 Å². The Balaban J connectivity index is 1.63. The minimum atomic E-state index is -3.41. The SMILES string of the molecule is O=S(=O)(c1ccccc1)N1C2CCC1CC(n1nccn1)C2. The smallest absolute Gasteiger partial charge is 0.207 e. The molecule has 1 aromatic heterocycles. The van der Waals surface area contributed by atoms with Gasteiger partial charge in [0.05, 0.1) is 23.3 Å². The van der Waals surface area contributed by atoms with Gasteiger partial charge in [-0.05, 0) is 37.8 Å². The number of nitrogens with zero attached hydrogens (tertiary/aromatic N) is 4. The average molecular weight is 318 g/mol. The molecule has 7 heteroatoms. The first-order valence-electron chi connectivity index (χ1n) is 7.60. The summed E-state index contributed by atoms with van der Waals surface area (Å²) in [6, 6.07) is 9.05. The van der Waals surface area contributed by atoms with Crippen molar-refractivity contribution in [3.05, 3.63) is 42.7 Å². The molecule has 2 fully saturated rings. The maximum atomic E-state index is 12.9. The van der Waals surface area contributed by atoms with Crippen LogP contribution in [0, 0.1) is 0 Å². The molecule has 1 aromatic carbocycles. The Morgan fingerprint density at radius 2 is 1.50 bits per heavy atom. The highest BCUT2D eigenvalue weighted by atomic mass is 32.2. The van der Waals surface area contributed by atoms with Crippen LogP contribution in [0.3, 0.4) is 0 Å². The maximum absolute atomic E-state index is 12.9. The topological polar surface area (TPSA) is 68.1 Å². The molecule has 2 aromatic rings. The minimum absolute atomic E-state index is 0.0555. The van der Waals surface area contributed by atoms with Gasteiger partial charge >= 0.3 is 0 Å². The summed E-state index contributed by atoms with van der Waals surface area (Å²) in [5.41, 5.74) is 0. The van der Waals surface area contributed by atoms with Crippen LogP contribution in [0.1, 0.15) is 31.7 Å². The highest BCUT2D eigenvalue weighted by Gasteiger charge is 2.47. The molecule has 2 saturated heterocycles. The average Bonchev–Trinajstić information content (AvgIpc) is 3.15. The van der Waals surface area contributed by atoms with Crippen molar-refractivity contribution in [1.82, 2.24) is 19.3 Å². The van der Waals surface area contributed by atoms with Crippen LogP contribution in [0.5, 0.6) is 0 Å². The van der Waals surface area contributed by atoms with Gasteiger partial charge < -0.3 is 0 Å². The molecule has 2 bridgehead atoms. The van der Waals surface area contributed by atoms with Crippen molar-refractivity contribution in [2.24, 2.45) is 0 Å². The van der Waals surface area contributed by atoms with Gasteiger partial charge in [-0.2, -0.15) is 19.3 Å². The fourth-order valence-electron chi connectivity index (χ4n) is 3.82. The first-order valence-corrected chi connectivity index (χ1v) is 9.04. The van der Waals surface area contributed by atoms with Crippen LogP contribution in [-0.2, 0) is 10.0 Å². The molecule has 3 heterocycles. The van der Waals surface area contributed by atoms with Crippen LogP contribution in [0.4, 0.5) is 0 Å². The summed E-state index contributed by atoms with van der Waals surface area (Å²) in [5, 5.41) is 8.44. The Bertz CT molecular complexity index is 731. The number of hydrogen-bond acceptors (Lipinski definition) is 4. The maximum Gasteiger partial charge on any atom is 0.243 e. The van der Waals surface area contributed by atoms with Crippen molar-refractivity contribution < 1.29 is 8.42 Å². The Morgan fingerprint density at radius 1 is 0.909 bits per heavy atom. The first-order chi connectivity index (χ1) is 10.7. The van der Waals surface area contributed by atoms with Crippen LogP contribution in [-0.4, -0.2) is 39.8 Å². The number of sulfonamides is 1. The van der Waals surface area contributed by atoms with E-state index >= 15 is 0 Å². The molecule has 0 amide bonds. The van der Waals surface area contributed by atoms with Gasteiger partial charge in [-0.3, -0.25) is 0 Å². The lowest BCUT2D eigenvalue weighted by Gasteiger charge is -2.37. The highest BCUT2D eigenvalue weighted by Crippen LogP contribution is 2.43. The Kier molecular flexibility index (Phi) is 3.27. The van der Waals surface area contributed by atoms with Crippen LogP contribution in [0.2, 0.25) is 0 Å². The summed E-state index contributed by atoms with van der Waals surface area (Å²) in [6.07, 6.45) is 6.78. The van der Waals surface area contributed by atoms with E-state index in [9.17, 15) is 8.42 Å². The minimum Gasteiger partial charge on any atom is -0.207 e. The molecule has 2 aliphatic heterocycles. The van der Waals surface area contributed by atoms with Gasteiger partial charge in [0.25, 0.3) is 0 Å². The second kappa shape index (κ2) is 5.17. The van der Waals surface area contributed by atoms with Gasteiger partial charge in [0.1, 0.15) is 0 Å². The number of fused-ring (bicyclic) bond motifs is 2. The Morgan fingerprint density at radius 3 is 2.09 bits per heavy atom. The number of piperidine rings is 1. The molecule has 0 radical (unpaired) electrons. The molecular weight excluding hydrogens is 300 g/mol. The van der Waals surface area contributed by atoms with Crippen molar-refractivity contribution in [1.29, 1.82) is 0 Å². The molecule has 0 saturated carbocycles. The fraction of sp³-hybridized carbons (Fsp3) is 0.467. The van der Waals surface area contributed by atoms with Crippen molar-refractivity contribution >= 4 is 10.0 Å². The van der Waals surface area contributed by atoms with Gasteiger partial charge in [-0.15, -0.1) is 0 Å². The lowest BCUT2D eigenvalue weighted by Crippen LogP contribution is -2.47. The second-order valence-electron chi connectivity index (χ2n) is 6.01. The molecule has 2 aliphatic rings. The van der Waals surface area contributed by atoms with Crippen molar-refractivity contribution in [3.63, 3.8) is 0 Å². The third-order valence-corrected chi connectivity index (χ3v) is 6.74. The molecule has 2 atom stereocenters. The molecule has 4 rings (SSSR count). The van der Waals surface area contributed by atoms with Gasteiger partial charge in [0.2, 0.25) is 10.0 Å². The van der Waals surface area contributed by atoms with Crippen LogP contribution in [0.25, 0.3) is 0 Å². The van der Waals surface area contributed by atoms with E-state index in [0.29, 0.717) is 4.90 Å². The summed E-state index contributed by atoms with van der Waals surface area (Å²) < 4.78 is 27.6. The molecule has 116 valence electrons. The molecule has 0 spiro atoms. The van der Waals surface area contributed by atoms with Gasteiger partial charge in [0, 0.05) is 12.1 Å². The quantitative estimate of drug-likeness (QED) is 0.866. The normalized spacial score (nSPS) is 28.8. The number of aromatic nitrogens is 3. The zero-order valence-corrected chi connectivity index (χ0v) is 12.9. The largest absolute Gasteiger partial charge is 0.243 e. The van der Waals surface area contributed by atoms with E-state index in [4.69, 9.17) is 0 Å². The zero-order chi connectivity index (χ0) is 15.2. The molecule has 0 N–H and O–H groups in total. The number of hydrogen-bond donors (Lipinski definition) is 0. The van der Waals surface area contributed by atoms with Crippen molar-refractivity contribution in [3.8, 4) is 0 Å². The third-order valence-electron chi connectivity index (χ3n) is 4.72. The predicted molar refractivity (Wildman–Crippen MR) is 80.6 cm³/mol. The first kappa shape index (κ1) is 13.9. The molecule has 2 unspecified atom stereocenters. The monoisotopic (exact) mass is 318 g/mol. The van der Waals surface area contributed by atoms with E-state index in [1.54, 1.807) is 45.8 Å². The van der Waals surface area contributed by atoms with Gasteiger partial charge in [0.15, 0.2) is 0 Å². The summed E-state index contributed by atoms with van der Waals surface area (Å²) in [4.78, 5) is 2.13. The van der Waals surface area contributed by atoms with E-state index in [-0.39, 0.29) is 18.1 Å². The number of benzene rings is 1. The lowest BCUT2D eigenvalue weighted by atomic mass is 10.0. The third kappa shape index (κ3) is 2.16. The second-order valence-corrected chi connectivity index (χ2v) is 7.85. The summed E-state index contributed by atoms with van der Waals surface area (Å²) in [7, 11) is -3.41. The van der Waals surface area contributed by atoms with Crippen LogP contribution in [0.15, 0.2) is 47.6 Å². The standard InChI is InChI=1S/C15H18N4O2S/c20-22(21,15-4-2-1-3-5-15)18-12-6-7-13(18)11-14(10-12)19-16-8-9-17-19/h1-5,8-9,12-14H,6-7,10-11H2. The summed E-state index contributed by atoms with van der Waals surface area (Å²) in [6.45, 7) is 0. The van der Waals surface area contributed by atoms with Gasteiger partial charge in [-0.25, -0.2) is 8.42 Å². The van der Waals surface area contributed by atoms with E-state index < -0.39 is 10.0 Å². The lowest BCUT2D eigenvalue weighted by molar-refractivity contribution is 0.174. The summed E-state index contributed by atoms with van der Waals surface area (Å²) >= 11 is 0. The zero-order valence-electron chi connectivity index (χ0n) is 12.1. The Hall–Kier alpha value is -1.73. The molecule has 0 aliphatic carbocycles. The van der Waals surface area contributed by atoms with Crippen LogP contribution >= 0.6 is 0 Å². The van der Waals surface area contributed by atoms with E-state index in [2.05, 4.69) is 10.2 Å². The molecule has 6 nitrogen and oxygen atoms in total.